The van der Waals surface area contributed by atoms with Gasteiger partial charge in [0.2, 0.25) is 5.91 Å². The summed E-state index contributed by atoms with van der Waals surface area (Å²) in [6.45, 7) is 5.39. The largest absolute Gasteiger partial charge is 0.468 e. The van der Waals surface area contributed by atoms with Crippen LogP contribution in [0, 0.1) is 23.1 Å². The molecule has 51 heavy (non-hydrogen) atoms. The first-order chi connectivity index (χ1) is 24.3. The summed E-state index contributed by atoms with van der Waals surface area (Å²) in [6.07, 6.45) is 1.07. The lowest BCUT2D eigenvalue weighted by Crippen LogP contribution is -2.55. The number of hydrogen-bond acceptors (Lipinski definition) is 10. The number of aromatic nitrogens is 1. The molecule has 0 bridgehead atoms. The van der Waals surface area contributed by atoms with E-state index < -0.39 is 59.7 Å². The van der Waals surface area contributed by atoms with E-state index in [1.165, 1.54) is 30.3 Å². The molecule has 0 radical (unpaired) electrons. The molecule has 2 aliphatic rings. The smallest absolute Gasteiger partial charge is 0.422 e. The third-order valence-electron chi connectivity index (χ3n) is 9.03. The molecule has 6 unspecified atom stereocenters. The van der Waals surface area contributed by atoms with Gasteiger partial charge in [-0.1, -0.05) is 62.7 Å². The van der Waals surface area contributed by atoms with Gasteiger partial charge in [0.15, 0.2) is 6.29 Å². The van der Waals surface area contributed by atoms with Crippen LogP contribution in [0.1, 0.15) is 38.3 Å². The van der Waals surface area contributed by atoms with Crippen molar-refractivity contribution < 1.29 is 42.8 Å². The number of ether oxygens (including phenoxy) is 4. The molecule has 6 atom stereocenters. The van der Waals surface area contributed by atoms with Crippen molar-refractivity contribution in [2.24, 2.45) is 17.3 Å². The van der Waals surface area contributed by atoms with Crippen LogP contribution in [0.4, 0.5) is 9.18 Å². The summed E-state index contributed by atoms with van der Waals surface area (Å²) in [5, 5.41) is 16.2. The van der Waals surface area contributed by atoms with E-state index in [9.17, 15) is 23.9 Å². The number of nitrogens with zero attached hydrogens (tertiary/aromatic N) is 2. The summed E-state index contributed by atoms with van der Waals surface area (Å²) >= 11 is 6.17. The van der Waals surface area contributed by atoms with Crippen LogP contribution in [0.2, 0.25) is 5.02 Å². The van der Waals surface area contributed by atoms with Gasteiger partial charge in [0.1, 0.15) is 17.8 Å². The van der Waals surface area contributed by atoms with Crippen molar-refractivity contribution in [1.29, 1.82) is 0 Å². The normalized spacial score (nSPS) is 20.3. The van der Waals surface area contributed by atoms with E-state index in [1.54, 1.807) is 33.2 Å². The molecule has 0 aliphatic carbocycles. The number of esters is 1. The Morgan fingerprint density at radius 1 is 1.12 bits per heavy atom. The number of nitrogens with one attached hydrogen (secondary N) is 2. The molecule has 3 N–H and O–H groups in total. The Bertz CT molecular complexity index is 1660. The number of carbonyl (C=O) groups is 3. The van der Waals surface area contributed by atoms with E-state index in [4.69, 9.17) is 30.5 Å². The second kappa shape index (κ2) is 16.9. The van der Waals surface area contributed by atoms with Crippen molar-refractivity contribution in [2.45, 2.75) is 64.7 Å². The van der Waals surface area contributed by atoms with Gasteiger partial charge in [0, 0.05) is 36.1 Å². The van der Waals surface area contributed by atoms with Crippen molar-refractivity contribution in [3.05, 3.63) is 89.0 Å². The van der Waals surface area contributed by atoms with Gasteiger partial charge >= 0.3 is 12.1 Å². The van der Waals surface area contributed by atoms with Crippen molar-refractivity contribution in [1.82, 2.24) is 20.7 Å². The maximum atomic E-state index is 14.9. The second-order valence-corrected chi connectivity index (χ2v) is 14.3. The van der Waals surface area contributed by atoms with Gasteiger partial charge in [-0.3, -0.25) is 20.0 Å². The fraction of sp³-hybridized carbons (Fsp3) is 0.459. The number of amides is 2. The zero-order valence-electron chi connectivity index (χ0n) is 29.0. The van der Waals surface area contributed by atoms with Crippen molar-refractivity contribution in [3.8, 4) is 11.1 Å². The number of methoxy groups -OCH3 is 1. The number of aliphatic hydroxyl groups excluding tert-OH is 1. The first-order valence-corrected chi connectivity index (χ1v) is 17.1. The van der Waals surface area contributed by atoms with Crippen LogP contribution < -0.4 is 10.7 Å². The number of carbonyl (C=O) groups excluding carboxylic acids is 3. The minimum Gasteiger partial charge on any atom is -0.468 e. The van der Waals surface area contributed by atoms with E-state index in [0.717, 1.165) is 16.7 Å². The topological polar surface area (TPSA) is 149 Å². The summed E-state index contributed by atoms with van der Waals surface area (Å²) in [5.41, 5.74) is 4.58. The zero-order chi connectivity index (χ0) is 36.7. The predicted molar refractivity (Wildman–Crippen MR) is 185 cm³/mol. The molecule has 0 spiro atoms. The lowest BCUT2D eigenvalue weighted by Gasteiger charge is -2.33. The van der Waals surface area contributed by atoms with Gasteiger partial charge < -0.3 is 29.4 Å². The first kappa shape index (κ1) is 38.1. The van der Waals surface area contributed by atoms with E-state index in [0.29, 0.717) is 13.0 Å². The molecule has 0 saturated carbocycles. The average Bonchev–Trinajstić information content (AvgIpc) is 3.71. The van der Waals surface area contributed by atoms with Crippen LogP contribution in [-0.2, 0) is 41.5 Å². The highest BCUT2D eigenvalue weighted by Gasteiger charge is 2.44. The molecule has 12 nitrogen and oxygen atoms in total. The Hall–Kier alpha value is -4.14. The predicted octanol–water partition coefficient (Wildman–Crippen LogP) is 4.67. The monoisotopic (exact) mass is 726 g/mol. The van der Waals surface area contributed by atoms with E-state index in [-0.39, 0.29) is 42.6 Å². The van der Waals surface area contributed by atoms with E-state index in [2.05, 4.69) is 15.7 Å². The fourth-order valence-corrected chi connectivity index (χ4v) is 6.55. The molecule has 3 aromatic rings. The number of halogens is 2. The Kier molecular flexibility index (Phi) is 12.6. The Morgan fingerprint density at radius 2 is 1.88 bits per heavy atom. The number of hydrogen-bond donors (Lipinski definition) is 3. The lowest BCUT2D eigenvalue weighted by molar-refractivity contribution is -0.155. The summed E-state index contributed by atoms with van der Waals surface area (Å²) in [7, 11) is 1.21. The van der Waals surface area contributed by atoms with E-state index in [1.807, 2.05) is 36.4 Å². The van der Waals surface area contributed by atoms with Crippen LogP contribution >= 0.6 is 11.6 Å². The average molecular weight is 727 g/mol. The minimum atomic E-state index is -1.35. The molecular weight excluding hydrogens is 683 g/mol. The molecule has 2 fully saturated rings. The number of aliphatic hydroxyl groups is 1. The van der Waals surface area contributed by atoms with Gasteiger partial charge in [-0.15, -0.1) is 0 Å². The van der Waals surface area contributed by atoms with Crippen LogP contribution in [-0.4, -0.2) is 84.5 Å². The van der Waals surface area contributed by atoms with Gasteiger partial charge in [-0.25, -0.2) is 14.2 Å². The highest BCUT2D eigenvalue weighted by atomic mass is 35.5. The maximum absolute atomic E-state index is 14.9. The van der Waals surface area contributed by atoms with Gasteiger partial charge in [-0.05, 0) is 59.2 Å². The number of hydrazine groups is 1. The summed E-state index contributed by atoms with van der Waals surface area (Å²) < 4.78 is 36.7. The third kappa shape index (κ3) is 10.0. The highest BCUT2D eigenvalue weighted by molar-refractivity contribution is 6.30. The van der Waals surface area contributed by atoms with Crippen molar-refractivity contribution in [3.63, 3.8) is 0 Å². The summed E-state index contributed by atoms with van der Waals surface area (Å²) in [4.78, 5) is 43.9. The Morgan fingerprint density at radius 3 is 2.57 bits per heavy atom. The van der Waals surface area contributed by atoms with Crippen LogP contribution in [0.25, 0.3) is 11.1 Å². The molecular formula is C37H44ClFN4O8. The number of fused-ring (bicyclic) bond motifs is 1. The molecule has 2 aliphatic heterocycles. The SMILES string of the molecule is COC(=O)C(C(=O)NC(Cc1ccc(-c2cccnc2)cc1)C(O)CN(Cc1cc(Cl)ccc1F)NC(=O)OC1COC2OCCC12)C(C)(C)C. The number of rotatable bonds is 13. The molecule has 14 heteroatoms. The third-order valence-corrected chi connectivity index (χ3v) is 9.27. The Balaban J connectivity index is 1.39. The van der Waals surface area contributed by atoms with Crippen molar-refractivity contribution in [2.75, 3.05) is 26.9 Å². The van der Waals surface area contributed by atoms with Gasteiger partial charge in [-0.2, -0.15) is 0 Å². The Labute approximate surface area is 301 Å². The fourth-order valence-electron chi connectivity index (χ4n) is 6.36. The molecule has 2 amide bonds. The van der Waals surface area contributed by atoms with E-state index >= 15 is 0 Å². The van der Waals surface area contributed by atoms with Crippen LogP contribution in [0.3, 0.4) is 0 Å². The molecule has 5 rings (SSSR count). The first-order valence-electron chi connectivity index (χ1n) is 16.8. The lowest BCUT2D eigenvalue weighted by atomic mass is 9.80. The molecule has 2 aromatic carbocycles. The molecule has 274 valence electrons. The maximum Gasteiger partial charge on any atom is 0.422 e. The molecule has 2 saturated heterocycles. The standard InChI is InChI=1S/C37H44ClFN4O8/c1-37(2,3)32(34(46)48-4)33(45)41-29(16-22-7-9-23(10-8-22)24-6-5-14-40-18-24)30(44)20-43(19-25-17-26(38)11-12-28(25)39)42-36(47)51-31-21-50-35-27(31)13-15-49-35/h5-12,14,17-18,27,29-32,35,44H,13,15-16,19-21H2,1-4H3,(H,41,45)(H,42,47). The van der Waals surface area contributed by atoms with Crippen LogP contribution in [0.5, 0.6) is 0 Å². The highest BCUT2D eigenvalue weighted by Crippen LogP contribution is 2.33. The van der Waals surface area contributed by atoms with Crippen molar-refractivity contribution >= 4 is 29.6 Å². The van der Waals surface area contributed by atoms with Gasteiger partial charge in [0.25, 0.3) is 0 Å². The molecule has 3 heterocycles. The zero-order valence-corrected chi connectivity index (χ0v) is 29.8. The second-order valence-electron chi connectivity index (χ2n) is 13.8. The quantitative estimate of drug-likeness (QED) is 0.129. The summed E-state index contributed by atoms with van der Waals surface area (Å²) in [6, 6.07) is 14.4. The number of benzene rings is 2. The van der Waals surface area contributed by atoms with Crippen LogP contribution in [0.15, 0.2) is 67.0 Å². The summed E-state index contributed by atoms with van der Waals surface area (Å²) in [5.74, 6) is -3.24. The molecule has 1 aromatic heterocycles. The van der Waals surface area contributed by atoms with Gasteiger partial charge in [0.05, 0.1) is 38.4 Å². The minimum absolute atomic E-state index is 0.116. The number of pyridine rings is 1.